The number of aliphatic carboxylic acids is 1. The summed E-state index contributed by atoms with van der Waals surface area (Å²) in [7, 11) is 0. The number of halogens is 3. The van der Waals surface area contributed by atoms with Crippen LogP contribution in [0.25, 0.3) is 5.13 Å². The average Bonchev–Trinajstić information content (AvgIpc) is 2.88. The molecule has 0 fully saturated rings. The van der Waals surface area contributed by atoms with Gasteiger partial charge in [-0.3, -0.25) is 4.79 Å². The molecule has 20 heavy (non-hydrogen) atoms. The van der Waals surface area contributed by atoms with E-state index in [0.717, 1.165) is 0 Å². The second-order valence-electron chi connectivity index (χ2n) is 4.03. The lowest BCUT2D eigenvalue weighted by Crippen LogP contribution is -2.08. The highest BCUT2D eigenvalue weighted by molar-refractivity contribution is 7.08. The van der Waals surface area contributed by atoms with Gasteiger partial charge in [0.15, 0.2) is 0 Å². The van der Waals surface area contributed by atoms with Crippen molar-refractivity contribution in [3.8, 4) is 5.13 Å². The first-order valence-electron chi connectivity index (χ1n) is 5.38. The third kappa shape index (κ3) is 2.64. The van der Waals surface area contributed by atoms with Crippen LogP contribution in [0.15, 0.2) is 0 Å². The molecule has 2 aromatic heterocycles. The van der Waals surface area contributed by atoms with Gasteiger partial charge in [0.1, 0.15) is 0 Å². The van der Waals surface area contributed by atoms with Gasteiger partial charge in [-0.1, -0.05) is 0 Å². The largest absolute Gasteiger partial charge is 0.481 e. The molecule has 0 atom stereocenters. The van der Waals surface area contributed by atoms with E-state index in [2.05, 4.69) is 14.5 Å². The molecule has 108 valence electrons. The van der Waals surface area contributed by atoms with Gasteiger partial charge in [-0.15, -0.1) is 0 Å². The summed E-state index contributed by atoms with van der Waals surface area (Å²) in [6, 6.07) is 0. The van der Waals surface area contributed by atoms with E-state index in [1.807, 2.05) is 0 Å². The Hall–Kier alpha value is -1.97. The first kappa shape index (κ1) is 14.4. The second kappa shape index (κ2) is 4.85. The zero-order valence-electron chi connectivity index (χ0n) is 10.4. The summed E-state index contributed by atoms with van der Waals surface area (Å²) in [5.74, 6) is -2.27. The maximum Gasteiger partial charge on any atom is 0.452 e. The van der Waals surface area contributed by atoms with Crippen LogP contribution < -0.4 is 0 Å². The predicted molar refractivity (Wildman–Crippen MR) is 62.8 cm³/mol. The van der Waals surface area contributed by atoms with Crippen molar-refractivity contribution in [1.82, 2.24) is 19.1 Å². The molecule has 0 saturated heterocycles. The fourth-order valence-electron chi connectivity index (χ4n) is 1.68. The number of hydrogen-bond acceptors (Lipinski definition) is 5. The molecule has 0 amide bonds. The van der Waals surface area contributed by atoms with Gasteiger partial charge in [0.05, 0.1) is 12.1 Å². The van der Waals surface area contributed by atoms with Gasteiger partial charge in [0.25, 0.3) is 0 Å². The van der Waals surface area contributed by atoms with Gasteiger partial charge >= 0.3 is 12.1 Å². The Morgan fingerprint density at radius 2 is 2.05 bits per heavy atom. The minimum Gasteiger partial charge on any atom is -0.481 e. The minimum atomic E-state index is -4.62. The highest BCUT2D eigenvalue weighted by atomic mass is 32.1. The molecular formula is C10H9F3N4O2S. The van der Waals surface area contributed by atoms with E-state index >= 15 is 0 Å². The number of carboxylic acid groups (broad SMARTS) is 1. The maximum absolute atomic E-state index is 12.4. The molecule has 0 aliphatic carbocycles. The summed E-state index contributed by atoms with van der Waals surface area (Å²) in [4.78, 5) is 14.1. The molecule has 0 unspecified atom stereocenters. The molecular weight excluding hydrogens is 297 g/mol. The Balaban J connectivity index is 2.44. The Morgan fingerprint density at radius 3 is 2.55 bits per heavy atom. The van der Waals surface area contributed by atoms with Crippen LogP contribution in [-0.4, -0.2) is 30.2 Å². The molecule has 6 nitrogen and oxygen atoms in total. The van der Waals surface area contributed by atoms with Crippen molar-refractivity contribution in [2.45, 2.75) is 26.4 Å². The fraction of sp³-hybridized carbons (Fsp3) is 0.400. The fourth-order valence-corrected chi connectivity index (χ4v) is 2.38. The van der Waals surface area contributed by atoms with Crippen molar-refractivity contribution in [3.05, 3.63) is 22.8 Å². The summed E-state index contributed by atoms with van der Waals surface area (Å²) < 4.78 is 41.8. The summed E-state index contributed by atoms with van der Waals surface area (Å²) in [6.45, 7) is 3.17. The number of aryl methyl sites for hydroxylation is 1. The zero-order chi connectivity index (χ0) is 15.1. The molecule has 0 aromatic carbocycles. The topological polar surface area (TPSA) is 80.9 Å². The van der Waals surface area contributed by atoms with Crippen molar-refractivity contribution in [3.63, 3.8) is 0 Å². The smallest absolute Gasteiger partial charge is 0.452 e. The highest BCUT2D eigenvalue weighted by Gasteiger charge is 2.36. The van der Waals surface area contributed by atoms with Crippen molar-refractivity contribution in [2.75, 3.05) is 0 Å². The van der Waals surface area contributed by atoms with E-state index in [0.29, 0.717) is 28.5 Å². The third-order valence-corrected chi connectivity index (χ3v) is 3.31. The zero-order valence-corrected chi connectivity index (χ0v) is 11.2. The van der Waals surface area contributed by atoms with E-state index in [4.69, 9.17) is 5.11 Å². The molecule has 0 aliphatic heterocycles. The van der Waals surface area contributed by atoms with Crippen LogP contribution in [0.4, 0.5) is 13.2 Å². The van der Waals surface area contributed by atoms with E-state index < -0.39 is 18.0 Å². The van der Waals surface area contributed by atoms with Gasteiger partial charge in [-0.2, -0.15) is 27.6 Å². The van der Waals surface area contributed by atoms with Crippen LogP contribution in [-0.2, 0) is 17.4 Å². The number of alkyl halides is 3. The lowest BCUT2D eigenvalue weighted by atomic mass is 10.1. The molecule has 2 rings (SSSR count). The standard InChI is InChI=1S/C10H9F3N4O2S/c1-4-6(3-7(18)19)5(2)17(15-4)9-14-8(16-20-9)10(11,12)13/h3H2,1-2H3,(H,18,19). The SMILES string of the molecule is Cc1nn(-c2nc(C(F)(F)F)ns2)c(C)c1CC(=O)O. The molecule has 2 aromatic rings. The van der Waals surface area contributed by atoms with E-state index in [-0.39, 0.29) is 11.6 Å². The first-order valence-corrected chi connectivity index (χ1v) is 6.15. The molecule has 0 saturated carbocycles. The molecule has 0 spiro atoms. The quantitative estimate of drug-likeness (QED) is 0.938. The van der Waals surface area contributed by atoms with E-state index in [1.54, 1.807) is 13.8 Å². The molecule has 2 heterocycles. The van der Waals surface area contributed by atoms with Crippen molar-refractivity contribution >= 4 is 17.5 Å². The number of carboxylic acids is 1. The first-order chi connectivity index (χ1) is 9.20. The van der Waals surface area contributed by atoms with Gasteiger partial charge < -0.3 is 5.11 Å². The molecule has 0 radical (unpaired) electrons. The van der Waals surface area contributed by atoms with Gasteiger partial charge in [0, 0.05) is 22.8 Å². The van der Waals surface area contributed by atoms with Crippen molar-refractivity contribution in [1.29, 1.82) is 0 Å². The number of carbonyl (C=O) groups is 1. The Kier molecular flexibility index (Phi) is 3.50. The molecule has 0 bridgehead atoms. The Morgan fingerprint density at radius 1 is 1.40 bits per heavy atom. The monoisotopic (exact) mass is 306 g/mol. The number of nitrogens with zero attached hydrogens (tertiary/aromatic N) is 4. The van der Waals surface area contributed by atoms with E-state index in [9.17, 15) is 18.0 Å². The summed E-state index contributed by atoms with van der Waals surface area (Å²) in [6.07, 6.45) is -4.86. The summed E-state index contributed by atoms with van der Waals surface area (Å²) in [5.41, 5.74) is 1.34. The number of rotatable bonds is 3. The normalized spacial score (nSPS) is 11.8. The summed E-state index contributed by atoms with van der Waals surface area (Å²) >= 11 is 0.557. The average molecular weight is 306 g/mol. The van der Waals surface area contributed by atoms with Crippen LogP contribution in [0.2, 0.25) is 0 Å². The Bertz CT molecular complexity index is 662. The molecule has 10 heteroatoms. The molecule has 1 N–H and O–H groups in total. The number of hydrogen-bond donors (Lipinski definition) is 1. The van der Waals surface area contributed by atoms with Crippen LogP contribution >= 0.6 is 11.5 Å². The van der Waals surface area contributed by atoms with Gasteiger partial charge in [0.2, 0.25) is 11.0 Å². The maximum atomic E-state index is 12.4. The van der Waals surface area contributed by atoms with Crippen LogP contribution in [0.1, 0.15) is 22.8 Å². The minimum absolute atomic E-state index is 0.0467. The lowest BCUT2D eigenvalue weighted by molar-refractivity contribution is -0.144. The predicted octanol–water partition coefficient (Wildman–Crippen LogP) is 1.99. The third-order valence-electron chi connectivity index (χ3n) is 2.62. The molecule has 0 aliphatic rings. The van der Waals surface area contributed by atoms with Crippen LogP contribution in [0.3, 0.4) is 0 Å². The van der Waals surface area contributed by atoms with Crippen molar-refractivity contribution in [2.24, 2.45) is 0 Å². The second-order valence-corrected chi connectivity index (χ2v) is 4.76. The summed E-state index contributed by atoms with van der Waals surface area (Å²) in [5, 5.41) is 12.8. The van der Waals surface area contributed by atoms with Gasteiger partial charge in [-0.25, -0.2) is 4.68 Å². The Labute approximate surface area is 115 Å². The van der Waals surface area contributed by atoms with E-state index in [1.165, 1.54) is 4.68 Å². The number of aromatic nitrogens is 4. The van der Waals surface area contributed by atoms with Gasteiger partial charge in [-0.05, 0) is 13.8 Å². The van der Waals surface area contributed by atoms with Crippen LogP contribution in [0, 0.1) is 13.8 Å². The highest BCUT2D eigenvalue weighted by Crippen LogP contribution is 2.29. The van der Waals surface area contributed by atoms with Crippen molar-refractivity contribution < 1.29 is 23.1 Å². The van der Waals surface area contributed by atoms with Crippen LogP contribution in [0.5, 0.6) is 0 Å². The lowest BCUT2D eigenvalue weighted by Gasteiger charge is -2.00.